The lowest BCUT2D eigenvalue weighted by atomic mass is 10.0. The first-order valence-electron chi connectivity index (χ1n) is 8.62. The number of pyridine rings is 1. The Balaban J connectivity index is 1.60. The predicted molar refractivity (Wildman–Crippen MR) is 96.7 cm³/mol. The molecule has 2 aromatic heterocycles. The van der Waals surface area contributed by atoms with Gasteiger partial charge in [0.1, 0.15) is 11.4 Å². The van der Waals surface area contributed by atoms with E-state index in [0.29, 0.717) is 6.54 Å². The van der Waals surface area contributed by atoms with Gasteiger partial charge in [-0.3, -0.25) is 4.90 Å². The first kappa shape index (κ1) is 16.1. The van der Waals surface area contributed by atoms with Gasteiger partial charge in [0.15, 0.2) is 0 Å². The Hall–Kier alpha value is -2.37. The summed E-state index contributed by atoms with van der Waals surface area (Å²) in [5.41, 5.74) is 4.36. The normalized spacial score (nSPS) is 21.1. The molecule has 0 bridgehead atoms. The molecule has 3 aromatic rings. The Morgan fingerprint density at radius 2 is 2.12 bits per heavy atom. The Kier molecular flexibility index (Phi) is 4.19. The van der Waals surface area contributed by atoms with E-state index < -0.39 is 0 Å². The molecule has 0 saturated carbocycles. The molecule has 2 unspecified atom stereocenters. The van der Waals surface area contributed by atoms with Crippen molar-refractivity contribution in [3.05, 3.63) is 65.6 Å². The third kappa shape index (κ3) is 3.25. The molecule has 0 amide bonds. The predicted octanol–water partition coefficient (Wildman–Crippen LogP) is 2.96. The van der Waals surface area contributed by atoms with E-state index in [1.165, 1.54) is 11.1 Å². The number of hydrogen-bond acceptors (Lipinski definition) is 4. The van der Waals surface area contributed by atoms with Gasteiger partial charge in [0.05, 0.1) is 18.9 Å². The molecule has 130 valence electrons. The molecular formula is C20H23N3O2. The number of ether oxygens (including phenoxy) is 1. The van der Waals surface area contributed by atoms with E-state index >= 15 is 0 Å². The molecule has 3 heterocycles. The van der Waals surface area contributed by atoms with E-state index in [1.54, 1.807) is 7.11 Å². The molecule has 1 aliphatic rings. The third-order valence-electron chi connectivity index (χ3n) is 4.87. The molecule has 25 heavy (non-hydrogen) atoms. The summed E-state index contributed by atoms with van der Waals surface area (Å²) in [5, 5.41) is 10.2. The number of nitrogens with zero attached hydrogens (tertiary/aromatic N) is 3. The number of aromatic nitrogens is 2. The molecule has 1 saturated heterocycles. The van der Waals surface area contributed by atoms with Crippen LogP contribution in [0.25, 0.3) is 5.65 Å². The smallest absolute Gasteiger partial charge is 0.137 e. The SMILES string of the molecule is COc1cccc(C2CC(O)CN2Cc2cn3cc(C)ccc3n2)c1. The average Bonchev–Trinajstić information content (AvgIpc) is 3.17. The zero-order valence-corrected chi connectivity index (χ0v) is 14.6. The summed E-state index contributed by atoms with van der Waals surface area (Å²) in [6.07, 6.45) is 4.59. The van der Waals surface area contributed by atoms with Crippen LogP contribution in [0.4, 0.5) is 0 Å². The van der Waals surface area contributed by atoms with Gasteiger partial charge in [-0.15, -0.1) is 0 Å². The van der Waals surface area contributed by atoms with Crippen LogP contribution in [-0.2, 0) is 6.54 Å². The van der Waals surface area contributed by atoms with E-state index in [4.69, 9.17) is 9.72 Å². The summed E-state index contributed by atoms with van der Waals surface area (Å²) in [7, 11) is 1.68. The van der Waals surface area contributed by atoms with Crippen LogP contribution in [0.1, 0.15) is 29.3 Å². The molecule has 1 N–H and O–H groups in total. The summed E-state index contributed by atoms with van der Waals surface area (Å²) in [6, 6.07) is 12.4. The van der Waals surface area contributed by atoms with Gasteiger partial charge in [0.2, 0.25) is 0 Å². The lowest BCUT2D eigenvalue weighted by Crippen LogP contribution is -2.24. The molecule has 1 fully saturated rings. The van der Waals surface area contributed by atoms with Crippen LogP contribution in [0.3, 0.4) is 0 Å². The Morgan fingerprint density at radius 3 is 2.96 bits per heavy atom. The van der Waals surface area contributed by atoms with Gasteiger partial charge in [0, 0.05) is 31.5 Å². The number of likely N-dealkylation sites (tertiary alicyclic amines) is 1. The summed E-state index contributed by atoms with van der Waals surface area (Å²) in [6.45, 7) is 3.46. The van der Waals surface area contributed by atoms with E-state index in [2.05, 4.69) is 46.8 Å². The summed E-state index contributed by atoms with van der Waals surface area (Å²) in [4.78, 5) is 7.02. The second-order valence-electron chi connectivity index (χ2n) is 6.82. The van der Waals surface area contributed by atoms with E-state index in [9.17, 15) is 5.11 Å². The van der Waals surface area contributed by atoms with E-state index in [0.717, 1.165) is 30.1 Å². The van der Waals surface area contributed by atoms with Gasteiger partial charge in [-0.25, -0.2) is 4.98 Å². The van der Waals surface area contributed by atoms with Crippen molar-refractivity contribution in [2.45, 2.75) is 32.0 Å². The van der Waals surface area contributed by atoms with Crippen LogP contribution in [0, 0.1) is 6.92 Å². The highest BCUT2D eigenvalue weighted by molar-refractivity contribution is 5.41. The Labute approximate surface area is 147 Å². The number of rotatable bonds is 4. The fourth-order valence-corrected chi connectivity index (χ4v) is 3.69. The number of fused-ring (bicyclic) bond motifs is 1. The monoisotopic (exact) mass is 337 g/mol. The minimum Gasteiger partial charge on any atom is -0.497 e. The van der Waals surface area contributed by atoms with Crippen molar-refractivity contribution in [3.63, 3.8) is 0 Å². The summed E-state index contributed by atoms with van der Waals surface area (Å²) < 4.78 is 7.42. The Bertz CT molecular complexity index is 890. The molecule has 2 atom stereocenters. The molecule has 0 spiro atoms. The summed E-state index contributed by atoms with van der Waals surface area (Å²) >= 11 is 0. The number of aliphatic hydroxyl groups is 1. The van der Waals surface area contributed by atoms with Crippen LogP contribution >= 0.6 is 0 Å². The van der Waals surface area contributed by atoms with Gasteiger partial charge in [-0.1, -0.05) is 18.2 Å². The van der Waals surface area contributed by atoms with Crippen molar-refractivity contribution in [2.75, 3.05) is 13.7 Å². The molecule has 0 aliphatic carbocycles. The fourth-order valence-electron chi connectivity index (χ4n) is 3.69. The molecule has 0 radical (unpaired) electrons. The maximum Gasteiger partial charge on any atom is 0.137 e. The minimum absolute atomic E-state index is 0.177. The van der Waals surface area contributed by atoms with Gasteiger partial charge in [0.25, 0.3) is 0 Å². The Morgan fingerprint density at radius 1 is 1.24 bits per heavy atom. The van der Waals surface area contributed by atoms with Gasteiger partial charge in [-0.05, 0) is 42.7 Å². The number of methoxy groups -OCH3 is 1. The largest absolute Gasteiger partial charge is 0.497 e. The number of β-amino-alcohol motifs (C(OH)–C–C–N with tert-alkyl or cyclic N) is 1. The molecule has 1 aromatic carbocycles. The highest BCUT2D eigenvalue weighted by Crippen LogP contribution is 2.34. The van der Waals surface area contributed by atoms with Crippen molar-refractivity contribution in [2.24, 2.45) is 0 Å². The van der Waals surface area contributed by atoms with Crippen LogP contribution in [0.5, 0.6) is 5.75 Å². The highest BCUT2D eigenvalue weighted by Gasteiger charge is 2.32. The van der Waals surface area contributed by atoms with E-state index in [1.807, 2.05) is 18.2 Å². The zero-order chi connectivity index (χ0) is 17.4. The lowest BCUT2D eigenvalue weighted by Gasteiger charge is -2.23. The maximum atomic E-state index is 10.2. The average molecular weight is 337 g/mol. The number of aliphatic hydroxyl groups excluding tert-OH is 1. The van der Waals surface area contributed by atoms with Crippen LogP contribution in [0.15, 0.2) is 48.8 Å². The van der Waals surface area contributed by atoms with Crippen molar-refractivity contribution in [3.8, 4) is 5.75 Å². The van der Waals surface area contributed by atoms with Crippen LogP contribution in [0.2, 0.25) is 0 Å². The van der Waals surface area contributed by atoms with Gasteiger partial charge in [-0.2, -0.15) is 0 Å². The third-order valence-corrected chi connectivity index (χ3v) is 4.87. The van der Waals surface area contributed by atoms with Crippen LogP contribution < -0.4 is 4.74 Å². The minimum atomic E-state index is -0.310. The second-order valence-corrected chi connectivity index (χ2v) is 6.82. The number of hydrogen-bond donors (Lipinski definition) is 1. The quantitative estimate of drug-likeness (QED) is 0.795. The molecule has 4 rings (SSSR count). The summed E-state index contributed by atoms with van der Waals surface area (Å²) in [5.74, 6) is 0.849. The van der Waals surface area contributed by atoms with Crippen molar-refractivity contribution >= 4 is 5.65 Å². The van der Waals surface area contributed by atoms with Crippen molar-refractivity contribution in [1.82, 2.24) is 14.3 Å². The molecule has 5 nitrogen and oxygen atoms in total. The number of imidazole rings is 1. The fraction of sp³-hybridized carbons (Fsp3) is 0.350. The molecule has 5 heteroatoms. The van der Waals surface area contributed by atoms with Crippen molar-refractivity contribution in [1.29, 1.82) is 0 Å². The first-order chi connectivity index (χ1) is 12.1. The lowest BCUT2D eigenvalue weighted by molar-refractivity contribution is 0.172. The number of aryl methyl sites for hydroxylation is 1. The second kappa shape index (κ2) is 6.50. The van der Waals surface area contributed by atoms with Gasteiger partial charge < -0.3 is 14.2 Å². The van der Waals surface area contributed by atoms with E-state index in [-0.39, 0.29) is 12.1 Å². The number of benzene rings is 1. The maximum absolute atomic E-state index is 10.2. The first-order valence-corrected chi connectivity index (χ1v) is 8.62. The van der Waals surface area contributed by atoms with Crippen LogP contribution in [-0.4, -0.2) is 39.1 Å². The standard InChI is InChI=1S/C20H23N3O2/c1-14-6-7-20-21-16(12-23(20)10-14)11-22-13-17(24)9-19(22)15-4-3-5-18(8-15)25-2/h3-8,10,12,17,19,24H,9,11,13H2,1-2H3. The van der Waals surface area contributed by atoms with Gasteiger partial charge >= 0.3 is 0 Å². The zero-order valence-electron chi connectivity index (χ0n) is 14.6. The molecule has 1 aliphatic heterocycles. The highest BCUT2D eigenvalue weighted by atomic mass is 16.5. The molecular weight excluding hydrogens is 314 g/mol. The topological polar surface area (TPSA) is 50.0 Å². The van der Waals surface area contributed by atoms with Crippen molar-refractivity contribution < 1.29 is 9.84 Å².